The fourth-order valence-electron chi connectivity index (χ4n) is 2.15. The van der Waals surface area contributed by atoms with Crippen molar-refractivity contribution in [2.45, 2.75) is 81.6 Å². The van der Waals surface area contributed by atoms with Crippen molar-refractivity contribution < 1.29 is 49.0 Å². The summed E-state index contributed by atoms with van der Waals surface area (Å²) in [5.41, 5.74) is 0. The van der Waals surface area contributed by atoms with E-state index in [1.807, 2.05) is 6.92 Å². The molecule has 0 aromatic heterocycles. The summed E-state index contributed by atoms with van der Waals surface area (Å²) in [4.78, 5) is 11.8. The lowest BCUT2D eigenvalue weighted by atomic mass is 10.0. The molecule has 0 aliphatic rings. The molecule has 0 N–H and O–H groups in total. The Hall–Kier alpha value is -0.810. The first-order chi connectivity index (χ1) is 12.7. The van der Waals surface area contributed by atoms with Crippen LogP contribution in [0.4, 0.5) is 39.5 Å². The Morgan fingerprint density at radius 3 is 1.93 bits per heavy atom. The summed E-state index contributed by atoms with van der Waals surface area (Å²) in [7, 11) is 0. The SMILES string of the molecule is CCCCCCC(SCCC(F)(F)C(F)(F)C(F)(F)C(F)(F)F)C(=O)OCC. The zero-order valence-corrected chi connectivity index (χ0v) is 16.2. The Balaban J connectivity index is 5.01. The molecule has 0 spiro atoms. The largest absolute Gasteiger partial charge is 0.465 e. The van der Waals surface area contributed by atoms with E-state index in [-0.39, 0.29) is 13.0 Å². The number of thioether (sulfide) groups is 1. The third kappa shape index (κ3) is 6.91. The van der Waals surface area contributed by atoms with E-state index in [0.29, 0.717) is 18.2 Å². The van der Waals surface area contributed by atoms with Crippen LogP contribution in [0.2, 0.25) is 0 Å². The molecule has 0 radical (unpaired) electrons. The maximum absolute atomic E-state index is 13.5. The summed E-state index contributed by atoms with van der Waals surface area (Å²) < 4.78 is 120. The average Bonchev–Trinajstić information content (AvgIpc) is 2.55. The summed E-state index contributed by atoms with van der Waals surface area (Å²) >= 11 is 0.475. The number of unbranched alkanes of at least 4 members (excludes halogenated alkanes) is 3. The van der Waals surface area contributed by atoms with E-state index in [9.17, 15) is 44.3 Å². The summed E-state index contributed by atoms with van der Waals surface area (Å²) in [6.45, 7) is 3.40. The number of esters is 1. The van der Waals surface area contributed by atoms with Crippen molar-refractivity contribution in [1.29, 1.82) is 0 Å². The molecule has 0 aliphatic heterocycles. The Morgan fingerprint density at radius 2 is 1.46 bits per heavy atom. The van der Waals surface area contributed by atoms with Crippen LogP contribution in [0, 0.1) is 0 Å². The Morgan fingerprint density at radius 1 is 0.893 bits per heavy atom. The molecule has 0 fully saturated rings. The second-order valence-corrected chi connectivity index (χ2v) is 7.37. The van der Waals surface area contributed by atoms with Crippen LogP contribution in [-0.2, 0) is 9.53 Å². The number of carbonyl (C=O) groups excluding carboxylic acids is 1. The number of rotatable bonds is 13. The molecular formula is C16H23F9O2S. The van der Waals surface area contributed by atoms with Gasteiger partial charge in [-0.15, -0.1) is 11.8 Å². The monoisotopic (exact) mass is 450 g/mol. The minimum atomic E-state index is -6.89. The van der Waals surface area contributed by atoms with Crippen LogP contribution in [0.25, 0.3) is 0 Å². The lowest BCUT2D eigenvalue weighted by molar-refractivity contribution is -0.396. The van der Waals surface area contributed by atoms with Gasteiger partial charge in [-0.3, -0.25) is 4.79 Å². The zero-order valence-electron chi connectivity index (χ0n) is 15.4. The first-order valence-electron chi connectivity index (χ1n) is 8.64. The van der Waals surface area contributed by atoms with Gasteiger partial charge in [0.25, 0.3) is 0 Å². The number of ether oxygens (including phenoxy) is 1. The third-order valence-corrected chi connectivity index (χ3v) is 5.08. The average molecular weight is 450 g/mol. The molecule has 0 saturated carbocycles. The van der Waals surface area contributed by atoms with E-state index >= 15 is 0 Å². The van der Waals surface area contributed by atoms with Crippen LogP contribution in [0.5, 0.6) is 0 Å². The highest BCUT2D eigenvalue weighted by Crippen LogP contribution is 2.54. The highest BCUT2D eigenvalue weighted by Gasteiger charge is 2.81. The fourth-order valence-corrected chi connectivity index (χ4v) is 3.35. The van der Waals surface area contributed by atoms with Crippen LogP contribution in [0.1, 0.15) is 52.4 Å². The quantitative estimate of drug-likeness (QED) is 0.183. The summed E-state index contributed by atoms with van der Waals surface area (Å²) in [6, 6.07) is 0. The smallest absolute Gasteiger partial charge is 0.460 e. The van der Waals surface area contributed by atoms with E-state index in [1.165, 1.54) is 6.92 Å². The lowest BCUT2D eigenvalue weighted by Crippen LogP contribution is -2.60. The maximum atomic E-state index is 13.5. The summed E-state index contributed by atoms with van der Waals surface area (Å²) in [6.07, 6.45) is -5.64. The second kappa shape index (κ2) is 10.8. The van der Waals surface area contributed by atoms with Crippen molar-refractivity contribution in [2.24, 2.45) is 0 Å². The van der Waals surface area contributed by atoms with E-state index in [1.54, 1.807) is 0 Å². The molecule has 0 bridgehead atoms. The van der Waals surface area contributed by atoms with Gasteiger partial charge in [-0.1, -0.05) is 32.6 Å². The summed E-state index contributed by atoms with van der Waals surface area (Å²) in [5, 5.41) is -0.996. The molecule has 0 aromatic rings. The first-order valence-corrected chi connectivity index (χ1v) is 9.69. The molecule has 0 aliphatic carbocycles. The first kappa shape index (κ1) is 27.2. The molecule has 0 rings (SSSR count). The molecule has 168 valence electrons. The Bertz CT molecular complexity index is 481. The minimum absolute atomic E-state index is 0.0170. The van der Waals surface area contributed by atoms with Gasteiger partial charge in [-0.05, 0) is 13.3 Å². The molecule has 1 unspecified atom stereocenters. The van der Waals surface area contributed by atoms with Crippen molar-refractivity contribution in [3.63, 3.8) is 0 Å². The zero-order chi connectivity index (χ0) is 22.2. The van der Waals surface area contributed by atoms with E-state index in [4.69, 9.17) is 4.74 Å². The molecule has 12 heteroatoms. The van der Waals surface area contributed by atoms with Crippen LogP contribution >= 0.6 is 11.8 Å². The standard InChI is InChI=1S/C16H23F9O2S/c1-3-5-6-7-8-11(12(26)27-4-2)28-10-9-13(17,18)14(19,20)15(21,22)16(23,24)25/h11H,3-10H2,1-2H3. The number of hydrogen-bond acceptors (Lipinski definition) is 3. The van der Waals surface area contributed by atoms with Gasteiger partial charge in [-0.2, -0.15) is 39.5 Å². The highest BCUT2D eigenvalue weighted by molar-refractivity contribution is 8.00. The van der Waals surface area contributed by atoms with Gasteiger partial charge in [-0.25, -0.2) is 0 Å². The van der Waals surface area contributed by atoms with Crippen molar-refractivity contribution in [3.8, 4) is 0 Å². The van der Waals surface area contributed by atoms with Gasteiger partial charge in [0, 0.05) is 12.2 Å². The summed E-state index contributed by atoms with van der Waals surface area (Å²) in [5.74, 6) is -20.8. The third-order valence-electron chi connectivity index (χ3n) is 3.81. The van der Waals surface area contributed by atoms with Crippen molar-refractivity contribution in [2.75, 3.05) is 12.4 Å². The Labute approximate surface area is 161 Å². The Kier molecular flexibility index (Phi) is 10.5. The highest BCUT2D eigenvalue weighted by atomic mass is 32.2. The number of alkyl halides is 9. The van der Waals surface area contributed by atoms with E-state index in [0.717, 1.165) is 19.3 Å². The molecule has 0 amide bonds. The van der Waals surface area contributed by atoms with Gasteiger partial charge in [0.05, 0.1) is 6.61 Å². The lowest BCUT2D eigenvalue weighted by Gasteiger charge is -2.33. The van der Waals surface area contributed by atoms with Gasteiger partial charge in [0.15, 0.2) is 0 Å². The number of hydrogen-bond donors (Lipinski definition) is 0. The molecule has 1 atom stereocenters. The number of halogens is 9. The van der Waals surface area contributed by atoms with Crippen LogP contribution in [0.15, 0.2) is 0 Å². The molecule has 0 aromatic carbocycles. The van der Waals surface area contributed by atoms with E-state index in [2.05, 4.69) is 0 Å². The number of carbonyl (C=O) groups is 1. The van der Waals surface area contributed by atoms with Gasteiger partial charge in [0.1, 0.15) is 5.25 Å². The molecular weight excluding hydrogens is 427 g/mol. The molecule has 2 nitrogen and oxygen atoms in total. The topological polar surface area (TPSA) is 26.3 Å². The fraction of sp³-hybridized carbons (Fsp3) is 0.938. The van der Waals surface area contributed by atoms with Crippen molar-refractivity contribution in [1.82, 2.24) is 0 Å². The molecule has 0 saturated heterocycles. The predicted octanol–water partition coefficient (Wildman–Crippen LogP) is 6.48. The normalized spacial score (nSPS) is 14.8. The van der Waals surface area contributed by atoms with E-state index < -0.39 is 47.3 Å². The van der Waals surface area contributed by atoms with Crippen LogP contribution in [0.3, 0.4) is 0 Å². The van der Waals surface area contributed by atoms with Gasteiger partial charge in [0.2, 0.25) is 0 Å². The van der Waals surface area contributed by atoms with Crippen molar-refractivity contribution >= 4 is 17.7 Å². The molecule has 0 heterocycles. The van der Waals surface area contributed by atoms with Gasteiger partial charge >= 0.3 is 29.9 Å². The minimum Gasteiger partial charge on any atom is -0.465 e. The van der Waals surface area contributed by atoms with Crippen molar-refractivity contribution in [3.05, 3.63) is 0 Å². The van der Waals surface area contributed by atoms with Crippen LogP contribution in [-0.4, -0.2) is 47.5 Å². The maximum Gasteiger partial charge on any atom is 0.460 e. The predicted molar refractivity (Wildman–Crippen MR) is 87.2 cm³/mol. The van der Waals surface area contributed by atoms with Crippen LogP contribution < -0.4 is 0 Å². The second-order valence-electron chi connectivity index (χ2n) is 6.06. The molecule has 28 heavy (non-hydrogen) atoms. The van der Waals surface area contributed by atoms with Gasteiger partial charge < -0.3 is 4.74 Å².